The van der Waals surface area contributed by atoms with Crippen molar-refractivity contribution in [1.29, 1.82) is 0 Å². The minimum atomic E-state index is -2.04. The fraction of sp³-hybridized carbons (Fsp3) is 0.423. The molecule has 0 radical (unpaired) electrons. The van der Waals surface area contributed by atoms with Gasteiger partial charge in [-0.15, -0.1) is 6.58 Å². The first-order valence-electron chi connectivity index (χ1n) is 10.7. The van der Waals surface area contributed by atoms with Gasteiger partial charge in [0.05, 0.1) is 6.04 Å². The predicted octanol–water partition coefficient (Wildman–Crippen LogP) is 6.16. The van der Waals surface area contributed by atoms with Gasteiger partial charge in [-0.1, -0.05) is 98.0 Å². The first-order chi connectivity index (χ1) is 13.9. The zero-order valence-electron chi connectivity index (χ0n) is 19.6. The molecule has 0 heterocycles. The molecule has 0 aliphatic rings. The first-order valence-corrected chi connectivity index (χ1v) is 13.7. The van der Waals surface area contributed by atoms with Crippen LogP contribution in [0.5, 0.6) is 0 Å². The van der Waals surface area contributed by atoms with Crippen molar-refractivity contribution in [2.24, 2.45) is 5.92 Å². The minimum Gasteiger partial charge on any atom is -0.444 e. The Morgan fingerprint density at radius 2 is 1.50 bits per heavy atom. The van der Waals surface area contributed by atoms with Gasteiger partial charge in [0.1, 0.15) is 13.7 Å². The van der Waals surface area contributed by atoms with Crippen LogP contribution in [-0.2, 0) is 11.3 Å². The van der Waals surface area contributed by atoms with Crippen LogP contribution in [0.4, 0.5) is 4.79 Å². The Bertz CT molecular complexity index is 838. The summed E-state index contributed by atoms with van der Waals surface area (Å²) < 4.78 is 5.83. The van der Waals surface area contributed by atoms with Crippen molar-refractivity contribution in [2.75, 3.05) is 0 Å². The van der Waals surface area contributed by atoms with Gasteiger partial charge in [0.25, 0.3) is 0 Å². The molecule has 0 unspecified atom stereocenters. The van der Waals surface area contributed by atoms with Gasteiger partial charge in [-0.2, -0.15) is 0 Å². The van der Waals surface area contributed by atoms with E-state index in [-0.39, 0.29) is 18.1 Å². The lowest BCUT2D eigenvalue weighted by Gasteiger charge is -2.41. The molecule has 4 heteroatoms. The molecule has 0 aromatic heterocycles. The average molecular weight is 424 g/mol. The van der Waals surface area contributed by atoms with Gasteiger partial charge in [0.15, 0.2) is 0 Å². The molecular formula is C26H37NO2Si. The van der Waals surface area contributed by atoms with Crippen LogP contribution >= 0.6 is 0 Å². The highest BCUT2D eigenvalue weighted by molar-refractivity contribution is 6.95. The van der Waals surface area contributed by atoms with E-state index in [1.807, 2.05) is 49.9 Å². The van der Waals surface area contributed by atoms with Gasteiger partial charge < -0.3 is 4.74 Å². The largest absolute Gasteiger partial charge is 0.444 e. The number of hydrogen-bond acceptors (Lipinski definition) is 2. The minimum absolute atomic E-state index is 0.109. The Labute approximate surface area is 183 Å². The third-order valence-corrected chi connectivity index (χ3v) is 9.12. The van der Waals surface area contributed by atoms with Crippen LogP contribution in [-0.4, -0.2) is 30.7 Å². The van der Waals surface area contributed by atoms with Crippen molar-refractivity contribution < 1.29 is 9.53 Å². The maximum absolute atomic E-state index is 13.4. The molecule has 0 fully saturated rings. The molecule has 3 nitrogen and oxygen atoms in total. The van der Waals surface area contributed by atoms with Crippen LogP contribution in [0.3, 0.4) is 0 Å². The normalized spacial score (nSPS) is 13.1. The number of carbonyl (C=O) groups is 1. The highest BCUT2D eigenvalue weighted by Gasteiger charge is 2.39. The van der Waals surface area contributed by atoms with Gasteiger partial charge in [0, 0.05) is 6.54 Å². The average Bonchev–Trinajstić information content (AvgIpc) is 2.67. The summed E-state index contributed by atoms with van der Waals surface area (Å²) in [5, 5.41) is 2.47. The molecule has 0 saturated heterocycles. The highest BCUT2D eigenvalue weighted by atomic mass is 28.3. The van der Waals surface area contributed by atoms with Gasteiger partial charge in [-0.25, -0.2) is 4.79 Å². The van der Waals surface area contributed by atoms with Gasteiger partial charge in [-0.05, 0) is 32.3 Å². The molecule has 0 aliphatic carbocycles. The molecule has 2 rings (SSSR count). The second-order valence-electron chi connectivity index (χ2n) is 9.80. The molecule has 1 atom stereocenters. The van der Waals surface area contributed by atoms with Gasteiger partial charge in [0.2, 0.25) is 0 Å². The molecule has 1 amide bonds. The van der Waals surface area contributed by atoms with Crippen LogP contribution < -0.4 is 5.19 Å². The fourth-order valence-electron chi connectivity index (χ4n) is 3.74. The Balaban J connectivity index is 2.47. The topological polar surface area (TPSA) is 29.5 Å². The van der Waals surface area contributed by atoms with Crippen LogP contribution in [0.1, 0.15) is 40.2 Å². The number of amides is 1. The van der Waals surface area contributed by atoms with Crippen molar-refractivity contribution in [1.82, 2.24) is 4.90 Å². The number of benzene rings is 2. The summed E-state index contributed by atoms with van der Waals surface area (Å²) in [6.07, 6.45) is -0.288. The summed E-state index contributed by atoms with van der Waals surface area (Å²) in [5.74, 6) is 0.212. The van der Waals surface area contributed by atoms with E-state index in [0.29, 0.717) is 6.54 Å². The van der Waals surface area contributed by atoms with E-state index >= 15 is 0 Å². The lowest BCUT2D eigenvalue weighted by molar-refractivity contribution is 0.0136. The fourth-order valence-corrected chi connectivity index (χ4v) is 6.36. The Morgan fingerprint density at radius 1 is 1.00 bits per heavy atom. The van der Waals surface area contributed by atoms with E-state index < -0.39 is 13.7 Å². The second-order valence-corrected chi connectivity index (χ2v) is 14.3. The standard InChI is InChI=1S/C26H37NO2Si/c1-20(2)24(21(3)30(7,8)23-17-13-10-14-18-23)27(25(28)29-26(4,5)6)19-22-15-11-9-12-16-22/h9-18,20,24H,3,19H2,1-2,4-8H3/t24-/m0/s1. The third kappa shape index (κ3) is 6.08. The van der Waals surface area contributed by atoms with Gasteiger partial charge >= 0.3 is 6.09 Å². The first kappa shape index (κ1) is 23.9. The van der Waals surface area contributed by atoms with Crippen LogP contribution in [0.15, 0.2) is 72.4 Å². The van der Waals surface area contributed by atoms with Crippen LogP contribution in [0.2, 0.25) is 13.1 Å². The van der Waals surface area contributed by atoms with Crippen molar-refractivity contribution in [3.8, 4) is 0 Å². The number of ether oxygens (including phenoxy) is 1. The van der Waals surface area contributed by atoms with Crippen LogP contribution in [0, 0.1) is 5.92 Å². The highest BCUT2D eigenvalue weighted by Crippen LogP contribution is 2.29. The molecule has 2 aromatic rings. The van der Waals surface area contributed by atoms with Crippen molar-refractivity contribution in [3.05, 3.63) is 78.0 Å². The Hall–Kier alpha value is -2.33. The lowest BCUT2D eigenvalue weighted by atomic mass is 10.0. The number of nitrogens with zero attached hydrogens (tertiary/aromatic N) is 1. The molecule has 0 aliphatic heterocycles. The predicted molar refractivity (Wildman–Crippen MR) is 130 cm³/mol. The van der Waals surface area contributed by atoms with Crippen molar-refractivity contribution >= 4 is 19.4 Å². The molecule has 2 aromatic carbocycles. The van der Waals surface area contributed by atoms with E-state index in [2.05, 4.69) is 69.9 Å². The van der Waals surface area contributed by atoms with Gasteiger partial charge in [-0.3, -0.25) is 4.90 Å². The van der Waals surface area contributed by atoms with E-state index in [0.717, 1.165) is 10.8 Å². The van der Waals surface area contributed by atoms with E-state index in [4.69, 9.17) is 4.74 Å². The summed E-state index contributed by atoms with van der Waals surface area (Å²) in [5.41, 5.74) is 0.530. The molecule has 0 bridgehead atoms. The molecule has 0 spiro atoms. The number of hydrogen-bond donors (Lipinski definition) is 0. The number of carbonyl (C=O) groups excluding carboxylic acids is 1. The summed E-state index contributed by atoms with van der Waals surface area (Å²) in [6.45, 7) is 19.8. The quantitative estimate of drug-likeness (QED) is 0.499. The molecule has 162 valence electrons. The van der Waals surface area contributed by atoms with Crippen molar-refractivity contribution in [2.45, 2.75) is 65.9 Å². The number of rotatable bonds is 7. The third-order valence-electron chi connectivity index (χ3n) is 5.45. The van der Waals surface area contributed by atoms with E-state index in [1.165, 1.54) is 5.19 Å². The summed E-state index contributed by atoms with van der Waals surface area (Å²) in [6, 6.07) is 20.6. The lowest BCUT2D eigenvalue weighted by Crippen LogP contribution is -2.54. The molecule has 30 heavy (non-hydrogen) atoms. The van der Waals surface area contributed by atoms with E-state index in [1.54, 1.807) is 0 Å². The summed E-state index contributed by atoms with van der Waals surface area (Å²) >= 11 is 0. The monoisotopic (exact) mass is 423 g/mol. The zero-order chi connectivity index (χ0) is 22.5. The summed E-state index contributed by atoms with van der Waals surface area (Å²) in [7, 11) is -2.04. The maximum atomic E-state index is 13.4. The van der Waals surface area contributed by atoms with E-state index in [9.17, 15) is 4.79 Å². The maximum Gasteiger partial charge on any atom is 0.411 e. The summed E-state index contributed by atoms with van der Waals surface area (Å²) in [4.78, 5) is 15.2. The molecule has 0 saturated carbocycles. The molecule has 0 N–H and O–H groups in total. The zero-order valence-corrected chi connectivity index (χ0v) is 20.6. The second kappa shape index (κ2) is 9.65. The Morgan fingerprint density at radius 3 is 1.97 bits per heavy atom. The molecular weight excluding hydrogens is 386 g/mol. The van der Waals surface area contributed by atoms with Crippen LogP contribution in [0.25, 0.3) is 0 Å². The SMILES string of the molecule is C=C([C@H](C(C)C)N(Cc1ccccc1)C(=O)OC(C)(C)C)[Si](C)(C)c1ccccc1. The Kier molecular flexibility index (Phi) is 7.70. The van der Waals surface area contributed by atoms with Crippen molar-refractivity contribution in [3.63, 3.8) is 0 Å². The smallest absolute Gasteiger partial charge is 0.411 e.